The van der Waals surface area contributed by atoms with Crippen LogP contribution in [0.25, 0.3) is 11.0 Å². The second-order valence-corrected chi connectivity index (χ2v) is 7.16. The van der Waals surface area contributed by atoms with Crippen LogP contribution in [-0.4, -0.2) is 51.3 Å². The number of aryl methyl sites for hydroxylation is 1. The Morgan fingerprint density at radius 2 is 2.18 bits per heavy atom. The average molecular weight is 378 g/mol. The number of nitrogens with zero attached hydrogens (tertiary/aromatic N) is 4. The number of aromatic nitrogens is 3. The minimum absolute atomic E-state index is 0.0677. The van der Waals surface area contributed by atoms with Crippen LogP contribution < -0.4 is 0 Å². The lowest BCUT2D eigenvalue weighted by Gasteiger charge is -2.22. The molecule has 1 aromatic carbocycles. The number of rotatable bonds is 5. The summed E-state index contributed by atoms with van der Waals surface area (Å²) in [5.41, 5.74) is 2.79. The first-order chi connectivity index (χ1) is 13.6. The van der Waals surface area contributed by atoms with E-state index in [2.05, 4.69) is 14.5 Å². The summed E-state index contributed by atoms with van der Waals surface area (Å²) in [6.45, 7) is 2.50. The summed E-state index contributed by atoms with van der Waals surface area (Å²) in [5.74, 6) is -0.176. The van der Waals surface area contributed by atoms with Crippen molar-refractivity contribution < 1.29 is 14.3 Å². The summed E-state index contributed by atoms with van der Waals surface area (Å²) in [7, 11) is 1.74. The summed E-state index contributed by atoms with van der Waals surface area (Å²) >= 11 is 0. The molecule has 0 aliphatic carbocycles. The van der Waals surface area contributed by atoms with Crippen LogP contribution in [0.5, 0.6) is 0 Å². The number of carbonyl (C=O) groups excluding carboxylic acids is 2. The summed E-state index contributed by atoms with van der Waals surface area (Å²) in [6.07, 6.45) is 7.64. The standard InChI is InChI=1S/C21H22N4O3/c1-14-10-25(20-18(14)9-22-13-23-20)19-8-7-16(28-19)11-24(2)21(27)17-6-4-3-5-15(17)12-26/h3-6,9-10,12-13,16,19H,7-8,11H2,1-2H3. The van der Waals surface area contributed by atoms with E-state index in [4.69, 9.17) is 4.74 Å². The number of carbonyl (C=O) groups is 2. The molecule has 0 N–H and O–H groups in total. The lowest BCUT2D eigenvalue weighted by Crippen LogP contribution is -2.34. The molecule has 7 heteroatoms. The number of ether oxygens (including phenoxy) is 1. The third kappa shape index (κ3) is 3.29. The number of benzene rings is 1. The van der Waals surface area contributed by atoms with Crippen molar-refractivity contribution in [3.05, 3.63) is 59.7 Å². The molecule has 2 atom stereocenters. The van der Waals surface area contributed by atoms with Gasteiger partial charge in [-0.3, -0.25) is 9.59 Å². The highest BCUT2D eigenvalue weighted by Gasteiger charge is 2.30. The van der Waals surface area contributed by atoms with Crippen molar-refractivity contribution in [2.45, 2.75) is 32.1 Å². The summed E-state index contributed by atoms with van der Waals surface area (Å²) in [5, 5.41) is 1.02. The van der Waals surface area contributed by atoms with Crippen molar-refractivity contribution >= 4 is 23.2 Å². The Morgan fingerprint density at radius 1 is 1.36 bits per heavy atom. The molecule has 1 aliphatic heterocycles. The lowest BCUT2D eigenvalue weighted by atomic mass is 10.1. The minimum Gasteiger partial charge on any atom is -0.353 e. The van der Waals surface area contributed by atoms with Gasteiger partial charge in [0.1, 0.15) is 18.2 Å². The van der Waals surface area contributed by atoms with Crippen molar-refractivity contribution in [3.63, 3.8) is 0 Å². The lowest BCUT2D eigenvalue weighted by molar-refractivity contribution is -0.00696. The Balaban J connectivity index is 1.46. The van der Waals surface area contributed by atoms with Crippen LogP contribution in [-0.2, 0) is 4.74 Å². The minimum atomic E-state index is -0.176. The van der Waals surface area contributed by atoms with Crippen LogP contribution in [0.3, 0.4) is 0 Å². The van der Waals surface area contributed by atoms with Gasteiger partial charge in [-0.05, 0) is 31.4 Å². The van der Waals surface area contributed by atoms with Gasteiger partial charge in [0.15, 0.2) is 6.29 Å². The maximum absolute atomic E-state index is 12.7. The Morgan fingerprint density at radius 3 is 3.00 bits per heavy atom. The molecule has 3 aromatic rings. The predicted octanol–water partition coefficient (Wildman–Crippen LogP) is 3.00. The number of hydrogen-bond donors (Lipinski definition) is 0. The molecule has 0 bridgehead atoms. The van der Waals surface area contributed by atoms with E-state index < -0.39 is 0 Å². The molecule has 1 amide bonds. The van der Waals surface area contributed by atoms with Crippen molar-refractivity contribution in [1.29, 1.82) is 0 Å². The first kappa shape index (κ1) is 18.3. The van der Waals surface area contributed by atoms with E-state index in [-0.39, 0.29) is 18.2 Å². The van der Waals surface area contributed by atoms with Gasteiger partial charge in [0.05, 0.1) is 11.7 Å². The third-order valence-corrected chi connectivity index (χ3v) is 5.23. The second-order valence-electron chi connectivity index (χ2n) is 7.16. The van der Waals surface area contributed by atoms with Gasteiger partial charge in [0.25, 0.3) is 5.91 Å². The summed E-state index contributed by atoms with van der Waals surface area (Å²) in [4.78, 5) is 34.0. The zero-order valence-electron chi connectivity index (χ0n) is 15.9. The number of aldehydes is 1. The quantitative estimate of drug-likeness (QED) is 0.638. The fourth-order valence-corrected chi connectivity index (χ4v) is 3.78. The van der Waals surface area contributed by atoms with E-state index in [0.717, 1.165) is 29.4 Å². The molecule has 3 heterocycles. The Labute approximate surface area is 163 Å². The van der Waals surface area contributed by atoms with Crippen LogP contribution in [0.4, 0.5) is 0 Å². The SMILES string of the molecule is Cc1cn(C2CCC(CN(C)C(=O)c3ccccc3C=O)O2)c2ncncc12. The molecule has 7 nitrogen and oxygen atoms in total. The van der Waals surface area contributed by atoms with Gasteiger partial charge >= 0.3 is 0 Å². The zero-order valence-corrected chi connectivity index (χ0v) is 15.9. The fourth-order valence-electron chi connectivity index (χ4n) is 3.78. The van der Waals surface area contributed by atoms with Crippen molar-refractivity contribution in [3.8, 4) is 0 Å². The van der Waals surface area contributed by atoms with Crippen LogP contribution in [0.1, 0.15) is 45.3 Å². The first-order valence-corrected chi connectivity index (χ1v) is 9.30. The number of fused-ring (bicyclic) bond motifs is 1. The molecule has 0 radical (unpaired) electrons. The van der Waals surface area contributed by atoms with Gasteiger partial charge < -0.3 is 14.2 Å². The van der Waals surface area contributed by atoms with Crippen molar-refractivity contribution in [2.75, 3.05) is 13.6 Å². The topological polar surface area (TPSA) is 77.3 Å². The Bertz CT molecular complexity index is 1030. The molecule has 4 rings (SSSR count). The largest absolute Gasteiger partial charge is 0.353 e. The molecule has 1 fully saturated rings. The van der Waals surface area contributed by atoms with E-state index in [0.29, 0.717) is 24.0 Å². The third-order valence-electron chi connectivity index (χ3n) is 5.23. The van der Waals surface area contributed by atoms with E-state index in [1.807, 2.05) is 19.3 Å². The van der Waals surface area contributed by atoms with Crippen LogP contribution in [0.15, 0.2) is 43.0 Å². The Kier molecular flexibility index (Phi) is 4.92. The highest BCUT2D eigenvalue weighted by molar-refractivity contribution is 6.01. The molecule has 28 heavy (non-hydrogen) atoms. The molecule has 1 aliphatic rings. The van der Waals surface area contributed by atoms with Crippen molar-refractivity contribution in [2.24, 2.45) is 0 Å². The highest BCUT2D eigenvalue weighted by Crippen LogP contribution is 2.32. The molecular weight excluding hydrogens is 356 g/mol. The molecule has 1 saturated heterocycles. The van der Waals surface area contributed by atoms with Gasteiger partial charge in [-0.25, -0.2) is 9.97 Å². The van der Waals surface area contributed by atoms with Crippen LogP contribution in [0, 0.1) is 6.92 Å². The van der Waals surface area contributed by atoms with Crippen molar-refractivity contribution in [1.82, 2.24) is 19.4 Å². The zero-order chi connectivity index (χ0) is 19.7. The smallest absolute Gasteiger partial charge is 0.254 e. The fraction of sp³-hybridized carbons (Fsp3) is 0.333. The summed E-state index contributed by atoms with van der Waals surface area (Å²) < 4.78 is 8.27. The predicted molar refractivity (Wildman–Crippen MR) is 104 cm³/mol. The number of amides is 1. The monoisotopic (exact) mass is 378 g/mol. The van der Waals surface area contributed by atoms with E-state index in [9.17, 15) is 9.59 Å². The Hall–Kier alpha value is -3.06. The van der Waals surface area contributed by atoms with Gasteiger partial charge in [0, 0.05) is 36.9 Å². The maximum Gasteiger partial charge on any atom is 0.254 e. The van der Waals surface area contributed by atoms with Gasteiger partial charge in [-0.2, -0.15) is 0 Å². The number of likely N-dealkylation sites (N-methyl/N-ethyl adjacent to an activating group) is 1. The van der Waals surface area contributed by atoms with Gasteiger partial charge in [0.2, 0.25) is 0 Å². The number of hydrogen-bond acceptors (Lipinski definition) is 5. The van der Waals surface area contributed by atoms with Crippen LogP contribution in [0.2, 0.25) is 0 Å². The molecular formula is C21H22N4O3. The van der Waals surface area contributed by atoms with E-state index in [1.165, 1.54) is 0 Å². The molecule has 0 saturated carbocycles. The molecule has 144 valence electrons. The second kappa shape index (κ2) is 7.52. The van der Waals surface area contributed by atoms with E-state index >= 15 is 0 Å². The normalized spacial score (nSPS) is 19.1. The average Bonchev–Trinajstić information content (AvgIpc) is 3.32. The summed E-state index contributed by atoms with van der Waals surface area (Å²) in [6, 6.07) is 6.84. The van der Waals surface area contributed by atoms with E-state index in [1.54, 1.807) is 42.5 Å². The first-order valence-electron chi connectivity index (χ1n) is 9.30. The molecule has 2 unspecified atom stereocenters. The molecule has 2 aromatic heterocycles. The molecule has 0 spiro atoms. The van der Waals surface area contributed by atoms with Gasteiger partial charge in [-0.1, -0.05) is 18.2 Å². The van der Waals surface area contributed by atoms with Crippen LogP contribution >= 0.6 is 0 Å². The highest BCUT2D eigenvalue weighted by atomic mass is 16.5. The van der Waals surface area contributed by atoms with Gasteiger partial charge in [-0.15, -0.1) is 0 Å². The maximum atomic E-state index is 12.7.